The van der Waals surface area contributed by atoms with Crippen molar-refractivity contribution in [1.29, 1.82) is 5.26 Å². The van der Waals surface area contributed by atoms with Crippen LogP contribution in [0, 0.1) is 23.2 Å². The van der Waals surface area contributed by atoms with Crippen LogP contribution in [0.3, 0.4) is 0 Å². The summed E-state index contributed by atoms with van der Waals surface area (Å²) >= 11 is 0. The molecular formula is C18H24N2O2. The van der Waals surface area contributed by atoms with Crippen LogP contribution in [0.4, 0.5) is 0 Å². The van der Waals surface area contributed by atoms with Crippen LogP contribution in [0.1, 0.15) is 36.9 Å². The van der Waals surface area contributed by atoms with Gasteiger partial charge in [-0.25, -0.2) is 0 Å². The smallest absolute Gasteiger partial charge is 0.161 e. The van der Waals surface area contributed by atoms with Crippen LogP contribution < -0.4 is 9.47 Å². The van der Waals surface area contributed by atoms with E-state index in [1.54, 1.807) is 14.2 Å². The van der Waals surface area contributed by atoms with Gasteiger partial charge in [0.1, 0.15) is 0 Å². The molecule has 0 amide bonds. The maximum absolute atomic E-state index is 9.50. The van der Waals surface area contributed by atoms with Gasteiger partial charge in [-0.2, -0.15) is 5.26 Å². The molecule has 0 aliphatic carbocycles. The van der Waals surface area contributed by atoms with Crippen LogP contribution in [0.2, 0.25) is 0 Å². The zero-order chi connectivity index (χ0) is 15.7. The second kappa shape index (κ2) is 6.18. The topological polar surface area (TPSA) is 45.5 Å². The van der Waals surface area contributed by atoms with E-state index in [4.69, 9.17) is 9.47 Å². The lowest BCUT2D eigenvalue weighted by atomic mass is 9.76. The lowest BCUT2D eigenvalue weighted by Crippen LogP contribution is -2.45. The first kappa shape index (κ1) is 15.2. The van der Waals surface area contributed by atoms with E-state index in [9.17, 15) is 5.26 Å². The van der Waals surface area contributed by atoms with E-state index in [1.165, 1.54) is 11.1 Å². The Balaban J connectivity index is 1.97. The van der Waals surface area contributed by atoms with Gasteiger partial charge in [0.05, 0.1) is 26.2 Å². The first-order valence-electron chi connectivity index (χ1n) is 8.10. The molecule has 4 heteroatoms. The Bertz CT molecular complexity index is 593. The molecule has 0 radical (unpaired) electrons. The fourth-order valence-electron chi connectivity index (χ4n) is 4.01. The fourth-order valence-corrected chi connectivity index (χ4v) is 4.01. The molecule has 2 aliphatic heterocycles. The standard InChI is InChI=1S/C18H24N2O2/c1-4-12-11-20-6-5-13-8-17(21-2)18(22-3)9-15(13)16(20)7-14(12)10-19/h8-9,12,14,16H,4-7,11H2,1-3H3/t12-,14+,16-/m0/s1. The summed E-state index contributed by atoms with van der Waals surface area (Å²) < 4.78 is 10.9. The van der Waals surface area contributed by atoms with Gasteiger partial charge in [0.25, 0.3) is 0 Å². The van der Waals surface area contributed by atoms with E-state index < -0.39 is 0 Å². The summed E-state index contributed by atoms with van der Waals surface area (Å²) in [6.07, 6.45) is 3.05. The highest BCUT2D eigenvalue weighted by atomic mass is 16.5. The molecule has 4 nitrogen and oxygen atoms in total. The highest BCUT2D eigenvalue weighted by molar-refractivity contribution is 5.49. The van der Waals surface area contributed by atoms with Crippen LogP contribution in [-0.4, -0.2) is 32.2 Å². The van der Waals surface area contributed by atoms with Crippen LogP contribution in [-0.2, 0) is 6.42 Å². The molecule has 1 aromatic carbocycles. The van der Waals surface area contributed by atoms with Crippen molar-refractivity contribution in [2.75, 3.05) is 27.3 Å². The number of fused-ring (bicyclic) bond motifs is 3. The molecule has 2 heterocycles. The first-order chi connectivity index (χ1) is 10.7. The van der Waals surface area contributed by atoms with Gasteiger partial charge in [-0.15, -0.1) is 0 Å². The highest BCUT2D eigenvalue weighted by Gasteiger charge is 2.38. The third kappa shape index (κ3) is 2.44. The van der Waals surface area contributed by atoms with Crippen molar-refractivity contribution in [2.24, 2.45) is 11.8 Å². The molecule has 0 spiro atoms. The molecule has 0 bridgehead atoms. The SMILES string of the molecule is CC[C@H]1CN2CCc3cc(OC)c(OC)cc3[C@@H]2C[C@@H]1C#N. The summed E-state index contributed by atoms with van der Waals surface area (Å²) in [5.41, 5.74) is 2.66. The lowest BCUT2D eigenvalue weighted by Gasteiger charge is -2.45. The predicted molar refractivity (Wildman–Crippen MR) is 85.1 cm³/mol. The Labute approximate surface area is 132 Å². The van der Waals surface area contributed by atoms with Crippen molar-refractivity contribution in [3.8, 4) is 17.6 Å². The molecule has 1 fully saturated rings. The molecule has 0 N–H and O–H groups in total. The number of nitrogens with zero attached hydrogens (tertiary/aromatic N) is 2. The molecule has 118 valence electrons. The molecular weight excluding hydrogens is 276 g/mol. The second-order valence-corrected chi connectivity index (χ2v) is 6.31. The van der Waals surface area contributed by atoms with Crippen LogP contribution in [0.5, 0.6) is 11.5 Å². The zero-order valence-electron chi connectivity index (χ0n) is 13.6. The number of benzene rings is 1. The summed E-state index contributed by atoms with van der Waals surface area (Å²) in [5.74, 6) is 2.25. The Kier molecular flexibility index (Phi) is 4.26. The van der Waals surface area contributed by atoms with Gasteiger partial charge >= 0.3 is 0 Å². The fraction of sp³-hybridized carbons (Fsp3) is 0.611. The van der Waals surface area contributed by atoms with Crippen molar-refractivity contribution in [2.45, 2.75) is 32.2 Å². The summed E-state index contributed by atoms with van der Waals surface area (Å²) in [7, 11) is 3.36. The van der Waals surface area contributed by atoms with E-state index in [0.29, 0.717) is 12.0 Å². The summed E-state index contributed by atoms with van der Waals surface area (Å²) in [5, 5.41) is 9.50. The monoisotopic (exact) mass is 300 g/mol. The Morgan fingerprint density at radius 2 is 2.00 bits per heavy atom. The van der Waals surface area contributed by atoms with Gasteiger partial charge in [-0.1, -0.05) is 13.3 Å². The van der Waals surface area contributed by atoms with E-state index in [1.807, 2.05) is 0 Å². The number of hydrogen-bond acceptors (Lipinski definition) is 4. The third-order valence-corrected chi connectivity index (χ3v) is 5.32. The average molecular weight is 300 g/mol. The van der Waals surface area contributed by atoms with E-state index >= 15 is 0 Å². The molecule has 0 aromatic heterocycles. The van der Waals surface area contributed by atoms with Crippen LogP contribution in [0.15, 0.2) is 12.1 Å². The van der Waals surface area contributed by atoms with Crippen molar-refractivity contribution >= 4 is 0 Å². The molecule has 0 saturated carbocycles. The van der Waals surface area contributed by atoms with E-state index in [2.05, 4.69) is 30.0 Å². The lowest BCUT2D eigenvalue weighted by molar-refractivity contribution is 0.0718. The number of nitriles is 1. The number of ether oxygens (including phenoxy) is 2. The molecule has 1 saturated heterocycles. The average Bonchev–Trinajstić information content (AvgIpc) is 2.58. The molecule has 0 unspecified atom stereocenters. The molecule has 3 atom stereocenters. The van der Waals surface area contributed by atoms with Crippen molar-refractivity contribution in [1.82, 2.24) is 4.90 Å². The molecule has 1 aromatic rings. The maximum atomic E-state index is 9.50. The molecule has 3 rings (SSSR count). The minimum absolute atomic E-state index is 0.158. The Morgan fingerprint density at radius 1 is 1.27 bits per heavy atom. The highest BCUT2D eigenvalue weighted by Crippen LogP contribution is 2.44. The number of hydrogen-bond donors (Lipinski definition) is 0. The normalized spacial score (nSPS) is 27.5. The largest absolute Gasteiger partial charge is 0.493 e. The van der Waals surface area contributed by atoms with Crippen molar-refractivity contribution in [3.63, 3.8) is 0 Å². The minimum Gasteiger partial charge on any atom is -0.493 e. The van der Waals surface area contributed by atoms with E-state index in [-0.39, 0.29) is 5.92 Å². The van der Waals surface area contributed by atoms with E-state index in [0.717, 1.165) is 43.9 Å². The Morgan fingerprint density at radius 3 is 2.64 bits per heavy atom. The van der Waals surface area contributed by atoms with Gasteiger partial charge in [0.15, 0.2) is 11.5 Å². The quantitative estimate of drug-likeness (QED) is 0.860. The summed E-state index contributed by atoms with van der Waals surface area (Å²) in [6, 6.07) is 7.11. The van der Waals surface area contributed by atoms with Crippen LogP contribution in [0.25, 0.3) is 0 Å². The number of piperidine rings is 1. The molecule has 22 heavy (non-hydrogen) atoms. The maximum Gasteiger partial charge on any atom is 0.161 e. The van der Waals surface area contributed by atoms with Gasteiger partial charge in [-0.3, -0.25) is 4.90 Å². The predicted octanol–water partition coefficient (Wildman–Crippen LogP) is 3.17. The van der Waals surface area contributed by atoms with Crippen molar-refractivity contribution < 1.29 is 9.47 Å². The minimum atomic E-state index is 0.158. The van der Waals surface area contributed by atoms with Gasteiger partial charge < -0.3 is 9.47 Å². The summed E-state index contributed by atoms with van der Waals surface area (Å²) in [4.78, 5) is 2.55. The second-order valence-electron chi connectivity index (χ2n) is 6.31. The zero-order valence-corrected chi connectivity index (χ0v) is 13.6. The van der Waals surface area contributed by atoms with Gasteiger partial charge in [-0.05, 0) is 42.0 Å². The summed E-state index contributed by atoms with van der Waals surface area (Å²) in [6.45, 7) is 4.30. The number of methoxy groups -OCH3 is 2. The van der Waals surface area contributed by atoms with Crippen LogP contribution >= 0.6 is 0 Å². The van der Waals surface area contributed by atoms with Crippen molar-refractivity contribution in [3.05, 3.63) is 23.3 Å². The first-order valence-corrected chi connectivity index (χ1v) is 8.10. The van der Waals surface area contributed by atoms with Gasteiger partial charge in [0.2, 0.25) is 0 Å². The Hall–Kier alpha value is -1.73. The molecule has 2 aliphatic rings. The third-order valence-electron chi connectivity index (χ3n) is 5.32. The van der Waals surface area contributed by atoms with Gasteiger partial charge in [0, 0.05) is 19.1 Å². The number of rotatable bonds is 3.